The minimum absolute atomic E-state index is 0.244. The molecule has 21 heavy (non-hydrogen) atoms. The van der Waals surface area contributed by atoms with Gasteiger partial charge < -0.3 is 5.32 Å². The molecule has 0 saturated carbocycles. The van der Waals surface area contributed by atoms with E-state index in [1.807, 2.05) is 19.9 Å². The van der Waals surface area contributed by atoms with Crippen molar-refractivity contribution in [2.75, 3.05) is 13.1 Å². The lowest BCUT2D eigenvalue weighted by atomic mass is 9.99. The van der Waals surface area contributed by atoms with Crippen molar-refractivity contribution in [1.29, 1.82) is 0 Å². The molecular weight excluding hydrogens is 265 g/mol. The highest BCUT2D eigenvalue weighted by Gasteiger charge is 2.19. The Balaban J connectivity index is 2.32. The Morgan fingerprint density at radius 2 is 2.00 bits per heavy atom. The van der Waals surface area contributed by atoms with Crippen LogP contribution in [0, 0.1) is 19.7 Å². The smallest absolute Gasteiger partial charge is 0.148 e. The molecule has 0 bridgehead atoms. The Bertz CT molecular complexity index is 604. The Morgan fingerprint density at radius 3 is 2.67 bits per heavy atom. The maximum absolute atomic E-state index is 14.0. The molecule has 0 amide bonds. The number of aromatic nitrogens is 2. The minimum Gasteiger partial charge on any atom is -0.316 e. The molecule has 0 aliphatic carbocycles. The number of nitrogens with zero attached hydrogens (tertiary/aromatic N) is 2. The van der Waals surface area contributed by atoms with Crippen molar-refractivity contribution in [2.24, 2.45) is 0 Å². The summed E-state index contributed by atoms with van der Waals surface area (Å²) in [4.78, 5) is 0. The summed E-state index contributed by atoms with van der Waals surface area (Å²) in [5, 5.41) is 7.98. The average Bonchev–Trinajstić information content (AvgIpc) is 2.74. The fourth-order valence-electron chi connectivity index (χ4n) is 2.82. The maximum Gasteiger partial charge on any atom is 0.148 e. The van der Waals surface area contributed by atoms with E-state index in [0.717, 1.165) is 30.9 Å². The second-order valence-corrected chi connectivity index (χ2v) is 5.55. The first-order valence-electron chi connectivity index (χ1n) is 7.58. The van der Waals surface area contributed by atoms with Gasteiger partial charge in [0.2, 0.25) is 0 Å². The van der Waals surface area contributed by atoms with E-state index < -0.39 is 0 Å². The van der Waals surface area contributed by atoms with Gasteiger partial charge in [-0.3, -0.25) is 0 Å². The van der Waals surface area contributed by atoms with Crippen LogP contribution in [-0.2, 0) is 0 Å². The van der Waals surface area contributed by atoms with Crippen LogP contribution in [0.25, 0.3) is 5.69 Å². The van der Waals surface area contributed by atoms with Crippen LogP contribution in [0.2, 0.25) is 0 Å². The summed E-state index contributed by atoms with van der Waals surface area (Å²) >= 11 is 0. The molecule has 0 spiro atoms. The predicted octanol–water partition coefficient (Wildman–Crippen LogP) is 3.73. The summed E-state index contributed by atoms with van der Waals surface area (Å²) in [6, 6.07) is 6.76. The molecule has 0 aliphatic rings. The van der Waals surface area contributed by atoms with E-state index >= 15 is 0 Å². The van der Waals surface area contributed by atoms with Gasteiger partial charge in [-0.05, 0) is 44.9 Å². The first-order valence-corrected chi connectivity index (χ1v) is 7.58. The van der Waals surface area contributed by atoms with Crippen molar-refractivity contribution in [3.63, 3.8) is 0 Å². The van der Waals surface area contributed by atoms with Crippen LogP contribution < -0.4 is 5.32 Å². The number of nitrogens with one attached hydrogen (secondary N) is 1. The van der Waals surface area contributed by atoms with Crippen LogP contribution in [0.5, 0.6) is 0 Å². The molecular formula is C17H24FN3. The van der Waals surface area contributed by atoms with Gasteiger partial charge in [-0.2, -0.15) is 5.10 Å². The molecule has 1 heterocycles. The topological polar surface area (TPSA) is 29.9 Å². The molecule has 4 heteroatoms. The summed E-state index contributed by atoms with van der Waals surface area (Å²) in [5.74, 6) is 0.114. The Hall–Kier alpha value is -1.68. The highest BCUT2D eigenvalue weighted by Crippen LogP contribution is 2.25. The molecule has 1 aromatic heterocycles. The summed E-state index contributed by atoms with van der Waals surface area (Å²) < 4.78 is 15.7. The molecule has 0 saturated heterocycles. The number of halogens is 1. The zero-order chi connectivity index (χ0) is 15.4. The van der Waals surface area contributed by atoms with Gasteiger partial charge in [0.1, 0.15) is 11.5 Å². The largest absolute Gasteiger partial charge is 0.316 e. The van der Waals surface area contributed by atoms with Gasteiger partial charge in [0.05, 0.1) is 5.69 Å². The van der Waals surface area contributed by atoms with Crippen LogP contribution in [0.4, 0.5) is 4.39 Å². The van der Waals surface area contributed by atoms with E-state index in [2.05, 4.69) is 24.3 Å². The fourth-order valence-corrected chi connectivity index (χ4v) is 2.82. The third-order valence-electron chi connectivity index (χ3n) is 3.80. The van der Waals surface area contributed by atoms with Crippen molar-refractivity contribution in [3.8, 4) is 5.69 Å². The average molecular weight is 289 g/mol. The fraction of sp³-hybridized carbons (Fsp3) is 0.471. The molecule has 114 valence electrons. The summed E-state index contributed by atoms with van der Waals surface area (Å²) in [5.41, 5.74) is 3.71. The lowest BCUT2D eigenvalue weighted by molar-refractivity contribution is 0.601. The Morgan fingerprint density at radius 1 is 1.29 bits per heavy atom. The van der Waals surface area contributed by atoms with E-state index in [1.54, 1.807) is 16.8 Å². The predicted molar refractivity (Wildman–Crippen MR) is 84.6 cm³/mol. The first kappa shape index (κ1) is 15.7. The number of hydrogen-bond acceptors (Lipinski definition) is 2. The highest BCUT2D eigenvalue weighted by atomic mass is 19.1. The van der Waals surface area contributed by atoms with Crippen molar-refractivity contribution in [2.45, 2.75) is 40.0 Å². The molecule has 1 unspecified atom stereocenters. The van der Waals surface area contributed by atoms with Gasteiger partial charge in [-0.25, -0.2) is 9.07 Å². The SMILES string of the molecule is CCCNCC(C)c1c(C)nn(-c2ccccc2F)c1C. The first-order chi connectivity index (χ1) is 10.1. The molecule has 1 aromatic carbocycles. The highest BCUT2D eigenvalue weighted by molar-refractivity contribution is 5.39. The van der Waals surface area contributed by atoms with Crippen LogP contribution in [-0.4, -0.2) is 22.9 Å². The van der Waals surface area contributed by atoms with Gasteiger partial charge in [0.25, 0.3) is 0 Å². The van der Waals surface area contributed by atoms with Crippen LogP contribution in [0.3, 0.4) is 0 Å². The lowest BCUT2D eigenvalue weighted by Gasteiger charge is -2.13. The van der Waals surface area contributed by atoms with E-state index in [4.69, 9.17) is 0 Å². The van der Waals surface area contributed by atoms with Gasteiger partial charge in [-0.1, -0.05) is 26.0 Å². The Labute approximate surface area is 126 Å². The number of hydrogen-bond donors (Lipinski definition) is 1. The third-order valence-corrected chi connectivity index (χ3v) is 3.80. The summed E-state index contributed by atoms with van der Waals surface area (Å²) in [7, 11) is 0. The van der Waals surface area contributed by atoms with Gasteiger partial charge in [-0.15, -0.1) is 0 Å². The molecule has 3 nitrogen and oxygen atoms in total. The van der Waals surface area contributed by atoms with E-state index in [9.17, 15) is 4.39 Å². The molecule has 0 fully saturated rings. The lowest BCUT2D eigenvalue weighted by Crippen LogP contribution is -2.21. The van der Waals surface area contributed by atoms with E-state index in [0.29, 0.717) is 11.6 Å². The molecule has 0 aliphatic heterocycles. The molecule has 2 rings (SSSR count). The van der Waals surface area contributed by atoms with Crippen LogP contribution in [0.1, 0.15) is 43.1 Å². The number of rotatable bonds is 6. The summed E-state index contributed by atoms with van der Waals surface area (Å²) in [6.07, 6.45) is 1.12. The maximum atomic E-state index is 14.0. The quantitative estimate of drug-likeness (QED) is 0.821. The standard InChI is InChI=1S/C17H24FN3/c1-5-10-19-11-12(2)17-13(3)20-21(14(17)4)16-9-7-6-8-15(16)18/h6-9,12,19H,5,10-11H2,1-4H3. The van der Waals surface area contributed by atoms with Crippen LogP contribution >= 0.6 is 0 Å². The minimum atomic E-state index is -0.244. The Kier molecular flexibility index (Phi) is 5.12. The molecule has 2 aromatic rings. The molecule has 0 radical (unpaired) electrons. The zero-order valence-electron chi connectivity index (χ0n) is 13.3. The van der Waals surface area contributed by atoms with Crippen LogP contribution in [0.15, 0.2) is 24.3 Å². The normalized spacial score (nSPS) is 12.6. The number of benzene rings is 1. The molecule has 1 N–H and O–H groups in total. The van der Waals surface area contributed by atoms with E-state index in [-0.39, 0.29) is 5.82 Å². The second-order valence-electron chi connectivity index (χ2n) is 5.55. The third kappa shape index (κ3) is 3.32. The van der Waals surface area contributed by atoms with Gasteiger partial charge in [0.15, 0.2) is 0 Å². The zero-order valence-corrected chi connectivity index (χ0v) is 13.3. The number of aryl methyl sites for hydroxylation is 1. The second kappa shape index (κ2) is 6.85. The van der Waals surface area contributed by atoms with Crippen molar-refractivity contribution >= 4 is 0 Å². The van der Waals surface area contributed by atoms with Crippen molar-refractivity contribution < 1.29 is 4.39 Å². The van der Waals surface area contributed by atoms with E-state index in [1.165, 1.54) is 11.6 Å². The summed E-state index contributed by atoms with van der Waals surface area (Å²) in [6.45, 7) is 10.3. The monoisotopic (exact) mass is 289 g/mol. The van der Waals surface area contributed by atoms with Crippen molar-refractivity contribution in [3.05, 3.63) is 47.0 Å². The van der Waals surface area contributed by atoms with Crippen molar-refractivity contribution in [1.82, 2.24) is 15.1 Å². The van der Waals surface area contributed by atoms with Gasteiger partial charge >= 0.3 is 0 Å². The van der Waals surface area contributed by atoms with Gasteiger partial charge in [0, 0.05) is 17.8 Å². The molecule has 1 atom stereocenters. The number of para-hydroxylation sites is 1.